The van der Waals surface area contributed by atoms with Gasteiger partial charge in [0.15, 0.2) is 0 Å². The fraction of sp³-hybridized carbons (Fsp3) is 0.0769. The summed E-state index contributed by atoms with van der Waals surface area (Å²) in [5, 5.41) is 14.7. The molecule has 0 saturated heterocycles. The number of hydrogen-bond donors (Lipinski definition) is 3. The lowest BCUT2D eigenvalue weighted by atomic mass is 10.1. The zero-order chi connectivity index (χ0) is 28.2. The number of halogens is 5. The van der Waals surface area contributed by atoms with Crippen LogP contribution < -0.4 is 16.6 Å². The standard InChI is InChI=1S/C26H20Cl2F3N7O/c1-33-36-25(35-32)34-24(39)17-4-2-15(3-5-17)14-38-23(18-10-20(27)12-21(28)11-18)13-22(37-38)16-6-8-19(9-7-16)26(29,30)31/h2-13H,1,14,32H2,(H2,34,35,36,39). The van der Waals surface area contributed by atoms with Gasteiger partial charge in [-0.25, -0.2) is 5.43 Å². The van der Waals surface area contributed by atoms with Gasteiger partial charge in [-0.2, -0.15) is 23.4 Å². The molecule has 0 aliphatic carbocycles. The Labute approximate surface area is 230 Å². The van der Waals surface area contributed by atoms with Gasteiger partial charge in [0.05, 0.1) is 23.5 Å². The van der Waals surface area contributed by atoms with Crippen LogP contribution in [0.2, 0.25) is 10.0 Å². The summed E-state index contributed by atoms with van der Waals surface area (Å²) in [6.07, 6.45) is -4.44. The average molecular weight is 574 g/mol. The Morgan fingerprint density at radius 3 is 2.18 bits per heavy atom. The Morgan fingerprint density at radius 2 is 1.62 bits per heavy atom. The summed E-state index contributed by atoms with van der Waals surface area (Å²) in [6.45, 7) is 3.51. The number of guanidine groups is 1. The Balaban J connectivity index is 1.66. The predicted octanol–water partition coefficient (Wildman–Crippen LogP) is 5.76. The van der Waals surface area contributed by atoms with Gasteiger partial charge in [0.25, 0.3) is 5.91 Å². The molecule has 0 fully saturated rings. The van der Waals surface area contributed by atoms with Crippen LogP contribution in [-0.4, -0.2) is 28.4 Å². The first-order valence-corrected chi connectivity index (χ1v) is 11.9. The quantitative estimate of drug-likeness (QED) is 0.118. The number of amides is 1. The van der Waals surface area contributed by atoms with E-state index in [-0.39, 0.29) is 12.5 Å². The maximum absolute atomic E-state index is 13.0. The summed E-state index contributed by atoms with van der Waals surface area (Å²) in [6, 6.07) is 18.2. The van der Waals surface area contributed by atoms with Crippen molar-refractivity contribution in [3.63, 3.8) is 0 Å². The molecule has 4 rings (SSSR count). The number of alkyl halides is 3. The van der Waals surface area contributed by atoms with Crippen LogP contribution in [0.3, 0.4) is 0 Å². The molecule has 3 aromatic carbocycles. The first kappa shape index (κ1) is 27.7. The van der Waals surface area contributed by atoms with Gasteiger partial charge in [-0.05, 0) is 54.1 Å². The molecule has 0 atom stereocenters. The van der Waals surface area contributed by atoms with Crippen LogP contribution >= 0.6 is 23.2 Å². The molecular formula is C26H20Cl2F3N7O. The monoisotopic (exact) mass is 573 g/mol. The first-order chi connectivity index (χ1) is 18.6. The van der Waals surface area contributed by atoms with Crippen molar-refractivity contribution in [3.8, 4) is 22.5 Å². The molecule has 0 radical (unpaired) electrons. The van der Waals surface area contributed by atoms with E-state index in [0.717, 1.165) is 17.7 Å². The zero-order valence-corrected chi connectivity index (χ0v) is 21.5. The number of aromatic nitrogens is 2. The Morgan fingerprint density at radius 1 is 0.974 bits per heavy atom. The van der Waals surface area contributed by atoms with E-state index in [1.165, 1.54) is 12.1 Å². The Hall–Kier alpha value is -4.35. The molecule has 1 heterocycles. The van der Waals surface area contributed by atoms with Gasteiger partial charge in [0, 0.05) is 33.5 Å². The van der Waals surface area contributed by atoms with Gasteiger partial charge in [-0.3, -0.25) is 14.8 Å². The van der Waals surface area contributed by atoms with Gasteiger partial charge in [0.2, 0.25) is 5.96 Å². The summed E-state index contributed by atoms with van der Waals surface area (Å²) >= 11 is 12.4. The van der Waals surface area contributed by atoms with E-state index < -0.39 is 17.6 Å². The summed E-state index contributed by atoms with van der Waals surface area (Å²) in [5.41, 5.74) is 5.00. The van der Waals surface area contributed by atoms with Crippen molar-refractivity contribution in [2.24, 2.45) is 16.0 Å². The molecule has 39 heavy (non-hydrogen) atoms. The number of benzene rings is 3. The van der Waals surface area contributed by atoms with Crippen LogP contribution in [0.25, 0.3) is 22.5 Å². The molecule has 13 heteroatoms. The Kier molecular flexibility index (Phi) is 8.22. The van der Waals surface area contributed by atoms with Gasteiger partial charge in [-0.1, -0.05) is 47.5 Å². The molecule has 0 unspecified atom stereocenters. The van der Waals surface area contributed by atoms with Crippen molar-refractivity contribution >= 4 is 41.8 Å². The lowest BCUT2D eigenvalue weighted by Crippen LogP contribution is -2.39. The topological polar surface area (TPSA) is 110 Å². The maximum Gasteiger partial charge on any atom is 0.416 e. The van der Waals surface area contributed by atoms with Crippen molar-refractivity contribution in [3.05, 3.63) is 99.5 Å². The zero-order valence-electron chi connectivity index (χ0n) is 20.0. The lowest BCUT2D eigenvalue weighted by molar-refractivity contribution is -0.137. The van der Waals surface area contributed by atoms with Gasteiger partial charge in [0.1, 0.15) is 0 Å². The minimum absolute atomic E-state index is 0.0729. The summed E-state index contributed by atoms with van der Waals surface area (Å²) < 4.78 is 40.8. The van der Waals surface area contributed by atoms with E-state index in [0.29, 0.717) is 38.1 Å². The van der Waals surface area contributed by atoms with E-state index in [2.05, 4.69) is 32.8 Å². The normalized spacial score (nSPS) is 11.8. The number of hydrogen-bond acceptors (Lipinski definition) is 5. The van der Waals surface area contributed by atoms with Crippen LogP contribution in [0.1, 0.15) is 21.5 Å². The van der Waals surface area contributed by atoms with E-state index in [1.54, 1.807) is 53.2 Å². The molecule has 4 N–H and O–H groups in total. The number of nitrogens with one attached hydrogen (secondary N) is 2. The molecule has 1 aromatic heterocycles. The summed E-state index contributed by atoms with van der Waals surface area (Å²) in [4.78, 5) is 12.4. The third-order valence-electron chi connectivity index (χ3n) is 5.54. The molecule has 1 amide bonds. The van der Waals surface area contributed by atoms with Gasteiger partial charge in [-0.15, -0.1) is 5.10 Å². The molecular weight excluding hydrogens is 554 g/mol. The second-order valence-electron chi connectivity index (χ2n) is 8.20. The smallest absolute Gasteiger partial charge is 0.320 e. The molecule has 0 saturated carbocycles. The van der Waals surface area contributed by atoms with E-state index in [1.807, 2.05) is 0 Å². The highest BCUT2D eigenvalue weighted by molar-refractivity contribution is 6.35. The third-order valence-corrected chi connectivity index (χ3v) is 5.98. The highest BCUT2D eigenvalue weighted by atomic mass is 35.5. The minimum atomic E-state index is -4.44. The molecule has 0 aliphatic heterocycles. The van der Waals surface area contributed by atoms with E-state index >= 15 is 0 Å². The summed E-state index contributed by atoms with van der Waals surface area (Å²) in [7, 11) is 0. The summed E-state index contributed by atoms with van der Waals surface area (Å²) in [5.74, 6) is 4.65. The van der Waals surface area contributed by atoms with Crippen LogP contribution in [0.4, 0.5) is 13.2 Å². The second kappa shape index (κ2) is 11.6. The number of carbonyl (C=O) groups excluding carboxylic acids is 1. The average Bonchev–Trinajstić information content (AvgIpc) is 3.31. The van der Waals surface area contributed by atoms with Crippen LogP contribution in [0, 0.1) is 0 Å². The molecule has 0 bridgehead atoms. The van der Waals surface area contributed by atoms with Crippen molar-refractivity contribution in [1.29, 1.82) is 0 Å². The number of nitrogens with two attached hydrogens (primary N) is 1. The van der Waals surface area contributed by atoms with E-state index in [4.69, 9.17) is 29.0 Å². The number of hydrazone groups is 2. The largest absolute Gasteiger partial charge is 0.416 e. The number of carbonyl (C=O) groups is 1. The van der Waals surface area contributed by atoms with Crippen molar-refractivity contribution in [1.82, 2.24) is 20.5 Å². The number of rotatable bonds is 6. The fourth-order valence-electron chi connectivity index (χ4n) is 3.72. The minimum Gasteiger partial charge on any atom is -0.320 e. The maximum atomic E-state index is 13.0. The van der Waals surface area contributed by atoms with Crippen LogP contribution in [0.5, 0.6) is 0 Å². The van der Waals surface area contributed by atoms with Crippen molar-refractivity contribution in [2.45, 2.75) is 12.7 Å². The van der Waals surface area contributed by atoms with Crippen molar-refractivity contribution < 1.29 is 18.0 Å². The van der Waals surface area contributed by atoms with Crippen molar-refractivity contribution in [2.75, 3.05) is 0 Å². The lowest BCUT2D eigenvalue weighted by Gasteiger charge is -2.10. The molecule has 4 aromatic rings. The van der Waals surface area contributed by atoms with Crippen LogP contribution in [0.15, 0.2) is 83.0 Å². The third kappa shape index (κ3) is 6.75. The molecule has 0 spiro atoms. The number of nitrogens with zero attached hydrogens (tertiary/aromatic N) is 4. The first-order valence-electron chi connectivity index (χ1n) is 11.2. The highest BCUT2D eigenvalue weighted by Gasteiger charge is 2.30. The highest BCUT2D eigenvalue weighted by Crippen LogP contribution is 2.33. The second-order valence-corrected chi connectivity index (χ2v) is 9.08. The van der Waals surface area contributed by atoms with Crippen LogP contribution in [-0.2, 0) is 12.7 Å². The molecule has 0 aliphatic rings. The fourth-order valence-corrected chi connectivity index (χ4v) is 4.25. The predicted molar refractivity (Wildman–Crippen MR) is 145 cm³/mol. The van der Waals surface area contributed by atoms with Gasteiger partial charge >= 0.3 is 6.18 Å². The van der Waals surface area contributed by atoms with E-state index in [9.17, 15) is 18.0 Å². The molecule has 200 valence electrons. The van der Waals surface area contributed by atoms with Gasteiger partial charge < -0.3 is 5.84 Å². The SMILES string of the molecule is C=NNC(=NN)NC(=O)c1ccc(Cn2nc(-c3ccc(C(F)(F)F)cc3)cc2-c2cc(Cl)cc(Cl)c2)cc1. The molecule has 8 nitrogen and oxygen atoms in total. The Bertz CT molecular complexity index is 1510.